The highest BCUT2D eigenvalue weighted by molar-refractivity contribution is 5.92. The van der Waals surface area contributed by atoms with Crippen molar-refractivity contribution in [3.8, 4) is 0 Å². The lowest BCUT2D eigenvalue weighted by Crippen LogP contribution is -2.23. The summed E-state index contributed by atoms with van der Waals surface area (Å²) in [6.45, 7) is 0. The van der Waals surface area contributed by atoms with Crippen molar-refractivity contribution in [1.82, 2.24) is 5.48 Å². The Labute approximate surface area is 93.7 Å². The SMILES string of the molecule is COC(=O)/C=C/C1C=C(C(=O)NO)CCC1. The van der Waals surface area contributed by atoms with E-state index in [0.717, 1.165) is 12.8 Å². The van der Waals surface area contributed by atoms with Crippen LogP contribution in [0.25, 0.3) is 0 Å². The first-order valence-electron chi connectivity index (χ1n) is 5.08. The smallest absolute Gasteiger partial charge is 0.330 e. The van der Waals surface area contributed by atoms with Crippen LogP contribution >= 0.6 is 0 Å². The monoisotopic (exact) mass is 225 g/mol. The maximum atomic E-state index is 11.2. The van der Waals surface area contributed by atoms with Crippen molar-refractivity contribution in [1.29, 1.82) is 0 Å². The molecule has 0 aliphatic heterocycles. The Morgan fingerprint density at radius 3 is 3.00 bits per heavy atom. The molecule has 2 N–H and O–H groups in total. The summed E-state index contributed by atoms with van der Waals surface area (Å²) in [7, 11) is 1.31. The summed E-state index contributed by atoms with van der Waals surface area (Å²) in [6, 6.07) is 0. The lowest BCUT2D eigenvalue weighted by atomic mass is 9.90. The van der Waals surface area contributed by atoms with Crippen molar-refractivity contribution in [3.05, 3.63) is 23.8 Å². The maximum Gasteiger partial charge on any atom is 0.330 e. The molecular formula is C11H15NO4. The van der Waals surface area contributed by atoms with Crippen LogP contribution in [0.4, 0.5) is 0 Å². The van der Waals surface area contributed by atoms with E-state index in [-0.39, 0.29) is 5.92 Å². The number of allylic oxidation sites excluding steroid dienone is 2. The van der Waals surface area contributed by atoms with E-state index in [1.165, 1.54) is 13.2 Å². The van der Waals surface area contributed by atoms with E-state index in [4.69, 9.17) is 5.21 Å². The third-order valence-electron chi connectivity index (χ3n) is 2.47. The minimum atomic E-state index is -0.476. The summed E-state index contributed by atoms with van der Waals surface area (Å²) in [5.74, 6) is -0.844. The molecule has 0 saturated carbocycles. The van der Waals surface area contributed by atoms with Crippen molar-refractivity contribution in [2.75, 3.05) is 7.11 Å². The van der Waals surface area contributed by atoms with Crippen LogP contribution in [-0.2, 0) is 14.3 Å². The molecule has 1 atom stereocenters. The van der Waals surface area contributed by atoms with Gasteiger partial charge in [-0.25, -0.2) is 10.3 Å². The molecule has 0 aromatic carbocycles. The van der Waals surface area contributed by atoms with E-state index in [0.29, 0.717) is 12.0 Å². The van der Waals surface area contributed by atoms with Gasteiger partial charge in [0, 0.05) is 11.6 Å². The predicted molar refractivity (Wildman–Crippen MR) is 56.5 cm³/mol. The van der Waals surface area contributed by atoms with Crippen LogP contribution in [0.3, 0.4) is 0 Å². The third kappa shape index (κ3) is 3.51. The molecule has 1 amide bonds. The highest BCUT2D eigenvalue weighted by atomic mass is 16.5. The minimum Gasteiger partial charge on any atom is -0.466 e. The average molecular weight is 225 g/mol. The molecule has 0 aromatic rings. The second kappa shape index (κ2) is 6.07. The molecule has 16 heavy (non-hydrogen) atoms. The highest BCUT2D eigenvalue weighted by Gasteiger charge is 2.16. The molecule has 1 aliphatic carbocycles. The van der Waals surface area contributed by atoms with Crippen LogP contribution in [0.2, 0.25) is 0 Å². The number of methoxy groups -OCH3 is 1. The zero-order valence-corrected chi connectivity index (χ0v) is 9.10. The lowest BCUT2D eigenvalue weighted by Gasteiger charge is -2.16. The fourth-order valence-electron chi connectivity index (χ4n) is 1.64. The topological polar surface area (TPSA) is 75.6 Å². The van der Waals surface area contributed by atoms with Crippen LogP contribution in [-0.4, -0.2) is 24.2 Å². The highest BCUT2D eigenvalue weighted by Crippen LogP contribution is 2.23. The van der Waals surface area contributed by atoms with Crippen molar-refractivity contribution in [3.63, 3.8) is 0 Å². The lowest BCUT2D eigenvalue weighted by molar-refractivity contribution is -0.134. The zero-order chi connectivity index (χ0) is 12.0. The standard InChI is InChI=1S/C11H15NO4/c1-16-10(13)6-5-8-3-2-4-9(7-8)11(14)12-15/h5-8,15H,2-4H2,1H3,(H,12,14)/b6-5+. The summed E-state index contributed by atoms with van der Waals surface area (Å²) in [6.07, 6.45) is 7.20. The van der Waals surface area contributed by atoms with Crippen LogP contribution in [0.1, 0.15) is 19.3 Å². The predicted octanol–water partition coefficient (Wildman–Crippen LogP) is 0.947. The molecule has 1 rings (SSSR count). The van der Waals surface area contributed by atoms with Crippen LogP contribution in [0, 0.1) is 5.92 Å². The number of hydroxylamine groups is 1. The van der Waals surface area contributed by atoms with Gasteiger partial charge >= 0.3 is 5.97 Å². The molecule has 0 spiro atoms. The molecule has 1 aliphatic rings. The molecule has 0 bridgehead atoms. The average Bonchev–Trinajstić information content (AvgIpc) is 2.35. The van der Waals surface area contributed by atoms with Gasteiger partial charge in [-0.05, 0) is 25.2 Å². The Morgan fingerprint density at radius 2 is 2.38 bits per heavy atom. The minimum absolute atomic E-state index is 0.0418. The Kier molecular flexibility index (Phi) is 4.72. The first kappa shape index (κ1) is 12.4. The number of rotatable bonds is 3. The first-order chi connectivity index (χ1) is 7.67. The van der Waals surface area contributed by atoms with Crippen LogP contribution in [0.5, 0.6) is 0 Å². The summed E-state index contributed by atoms with van der Waals surface area (Å²) >= 11 is 0. The summed E-state index contributed by atoms with van der Waals surface area (Å²) in [5, 5.41) is 8.50. The van der Waals surface area contributed by atoms with Gasteiger partial charge in [0.1, 0.15) is 0 Å². The van der Waals surface area contributed by atoms with Gasteiger partial charge < -0.3 is 4.74 Å². The molecule has 5 heteroatoms. The van der Waals surface area contributed by atoms with Crippen LogP contribution < -0.4 is 5.48 Å². The van der Waals surface area contributed by atoms with Gasteiger partial charge in [0.2, 0.25) is 0 Å². The van der Waals surface area contributed by atoms with Gasteiger partial charge in [-0.15, -0.1) is 0 Å². The van der Waals surface area contributed by atoms with E-state index < -0.39 is 11.9 Å². The van der Waals surface area contributed by atoms with Gasteiger partial charge in [-0.3, -0.25) is 10.0 Å². The molecule has 0 heterocycles. The normalized spacial score (nSPS) is 20.4. The van der Waals surface area contributed by atoms with Gasteiger partial charge in [-0.1, -0.05) is 12.2 Å². The number of amides is 1. The van der Waals surface area contributed by atoms with Crippen molar-refractivity contribution in [2.24, 2.45) is 5.92 Å². The summed E-state index contributed by atoms with van der Waals surface area (Å²) in [5.41, 5.74) is 2.16. The van der Waals surface area contributed by atoms with E-state index >= 15 is 0 Å². The first-order valence-corrected chi connectivity index (χ1v) is 5.08. The Morgan fingerprint density at radius 1 is 1.62 bits per heavy atom. The molecule has 0 saturated heterocycles. The second-order valence-corrected chi connectivity index (χ2v) is 3.57. The van der Waals surface area contributed by atoms with E-state index in [2.05, 4.69) is 4.74 Å². The Hall–Kier alpha value is -1.62. The fourth-order valence-corrected chi connectivity index (χ4v) is 1.64. The summed E-state index contributed by atoms with van der Waals surface area (Å²) < 4.78 is 4.47. The van der Waals surface area contributed by atoms with E-state index in [1.54, 1.807) is 17.6 Å². The maximum absolute atomic E-state index is 11.2. The van der Waals surface area contributed by atoms with Gasteiger partial charge in [0.25, 0.3) is 5.91 Å². The number of ether oxygens (including phenoxy) is 1. The quantitative estimate of drug-likeness (QED) is 0.324. The molecule has 88 valence electrons. The molecule has 0 fully saturated rings. The van der Waals surface area contributed by atoms with E-state index in [1.807, 2.05) is 0 Å². The molecular weight excluding hydrogens is 210 g/mol. The Balaban J connectivity index is 2.65. The van der Waals surface area contributed by atoms with Crippen LogP contribution in [0.15, 0.2) is 23.8 Å². The molecule has 0 radical (unpaired) electrons. The third-order valence-corrected chi connectivity index (χ3v) is 2.47. The number of carbonyl (C=O) groups is 2. The number of nitrogens with one attached hydrogen (secondary N) is 1. The summed E-state index contributed by atoms with van der Waals surface area (Å²) in [4.78, 5) is 22.0. The van der Waals surface area contributed by atoms with Gasteiger partial charge in [0.05, 0.1) is 7.11 Å². The number of hydrogen-bond acceptors (Lipinski definition) is 4. The van der Waals surface area contributed by atoms with Gasteiger partial charge in [0.15, 0.2) is 0 Å². The van der Waals surface area contributed by atoms with Gasteiger partial charge in [-0.2, -0.15) is 0 Å². The van der Waals surface area contributed by atoms with Crippen molar-refractivity contribution < 1.29 is 19.5 Å². The van der Waals surface area contributed by atoms with Crippen molar-refractivity contribution >= 4 is 11.9 Å². The fraction of sp³-hybridized carbons (Fsp3) is 0.455. The Bertz CT molecular complexity index is 333. The second-order valence-electron chi connectivity index (χ2n) is 3.57. The van der Waals surface area contributed by atoms with Crippen molar-refractivity contribution in [2.45, 2.75) is 19.3 Å². The molecule has 5 nitrogen and oxygen atoms in total. The molecule has 1 unspecified atom stereocenters. The number of carbonyl (C=O) groups excluding carboxylic acids is 2. The largest absolute Gasteiger partial charge is 0.466 e. The van der Waals surface area contributed by atoms with E-state index in [9.17, 15) is 9.59 Å². The molecule has 0 aromatic heterocycles. The number of esters is 1. The zero-order valence-electron chi connectivity index (χ0n) is 9.10. The number of hydrogen-bond donors (Lipinski definition) is 2.